The van der Waals surface area contributed by atoms with E-state index in [4.69, 9.17) is 4.74 Å². The van der Waals surface area contributed by atoms with E-state index in [1.165, 1.54) is 49.6 Å². The number of aromatic nitrogens is 4. The molecule has 4 aliphatic rings. The van der Waals surface area contributed by atoms with E-state index in [0.717, 1.165) is 45.6 Å². The number of para-hydroxylation sites is 3. The monoisotopic (exact) mass is 653 g/mol. The highest BCUT2D eigenvalue weighted by atomic mass is 16.5. The predicted octanol–water partition coefficient (Wildman–Crippen LogP) is 9.30. The average molecular weight is 654 g/mol. The summed E-state index contributed by atoms with van der Waals surface area (Å²) in [5.74, 6) is 2.85. The van der Waals surface area contributed by atoms with Crippen LogP contribution in [0, 0.1) is 0 Å². The van der Waals surface area contributed by atoms with Crippen molar-refractivity contribution in [2.24, 2.45) is 0 Å². The van der Waals surface area contributed by atoms with Gasteiger partial charge >= 0.3 is 5.66 Å². The Balaban J connectivity index is 1.18. The van der Waals surface area contributed by atoms with E-state index in [-0.39, 0.29) is 0 Å². The molecule has 9 aromatic rings. The molecule has 236 valence electrons. The summed E-state index contributed by atoms with van der Waals surface area (Å²) in [5.41, 5.74) is 13.4. The number of ether oxygens (including phenoxy) is 1. The molecule has 1 atom stereocenters. The minimum atomic E-state index is -0.731. The molecule has 6 heteroatoms. The summed E-state index contributed by atoms with van der Waals surface area (Å²) in [5, 5.41) is 2.51. The van der Waals surface area contributed by atoms with Gasteiger partial charge < -0.3 is 9.64 Å². The van der Waals surface area contributed by atoms with Crippen molar-refractivity contribution in [3.8, 4) is 45.3 Å². The average Bonchev–Trinajstić information content (AvgIpc) is 3.86. The summed E-state index contributed by atoms with van der Waals surface area (Å²) in [7, 11) is 0. The first kappa shape index (κ1) is 26.0. The van der Waals surface area contributed by atoms with Crippen molar-refractivity contribution in [1.29, 1.82) is 0 Å². The van der Waals surface area contributed by atoms with Crippen LogP contribution in [0.1, 0.15) is 11.1 Å². The van der Waals surface area contributed by atoms with Gasteiger partial charge in [-0.05, 0) is 71.3 Å². The Kier molecular flexibility index (Phi) is 4.49. The molecule has 0 amide bonds. The lowest BCUT2D eigenvalue weighted by atomic mass is 9.80. The van der Waals surface area contributed by atoms with Crippen LogP contribution >= 0.6 is 0 Å². The number of nitrogens with zero attached hydrogens (tertiary/aromatic N) is 5. The van der Waals surface area contributed by atoms with Gasteiger partial charge in [-0.2, -0.15) is 9.13 Å². The third-order valence-corrected chi connectivity index (χ3v) is 11.5. The van der Waals surface area contributed by atoms with Gasteiger partial charge in [0, 0.05) is 16.8 Å². The second-order valence-electron chi connectivity index (χ2n) is 13.9. The highest BCUT2D eigenvalue weighted by molar-refractivity contribution is 6.13. The largest absolute Gasteiger partial charge is 0.453 e. The first-order valence-corrected chi connectivity index (χ1v) is 17.4. The molecule has 51 heavy (non-hydrogen) atoms. The van der Waals surface area contributed by atoms with Crippen molar-refractivity contribution in [2.75, 3.05) is 4.90 Å². The minimum absolute atomic E-state index is 0.731. The van der Waals surface area contributed by atoms with Crippen LogP contribution in [0.4, 0.5) is 17.1 Å². The zero-order chi connectivity index (χ0) is 33.0. The SMILES string of the molecule is c1ccc(-c2ccc(-c3cn4[n+](c3)C35c6c-4ccc4c6N(c6ccccc6O4)c4ccc6c7ccccc7n(c6c43)-c3cccc[n+]35)cc2)cc1. The van der Waals surface area contributed by atoms with Crippen molar-refractivity contribution < 1.29 is 14.0 Å². The molecule has 0 bridgehead atoms. The van der Waals surface area contributed by atoms with E-state index in [9.17, 15) is 0 Å². The van der Waals surface area contributed by atoms with Crippen molar-refractivity contribution in [3.05, 3.63) is 175 Å². The van der Waals surface area contributed by atoms with Gasteiger partial charge in [0.2, 0.25) is 6.20 Å². The maximum atomic E-state index is 6.74. The van der Waals surface area contributed by atoms with Gasteiger partial charge in [-0.3, -0.25) is 0 Å². The predicted molar refractivity (Wildman–Crippen MR) is 198 cm³/mol. The molecule has 0 radical (unpaired) electrons. The molecule has 0 fully saturated rings. The van der Waals surface area contributed by atoms with Crippen LogP contribution in [-0.4, -0.2) is 9.25 Å². The molecule has 0 saturated carbocycles. The Labute approximate surface area is 292 Å². The summed E-state index contributed by atoms with van der Waals surface area (Å²) >= 11 is 0. The first-order valence-electron chi connectivity index (χ1n) is 17.4. The van der Waals surface area contributed by atoms with Gasteiger partial charge in [-0.1, -0.05) is 89.6 Å². The number of pyridine rings is 1. The third-order valence-electron chi connectivity index (χ3n) is 11.5. The Bertz CT molecular complexity index is 3010. The van der Waals surface area contributed by atoms with Crippen LogP contribution in [0.2, 0.25) is 0 Å². The smallest absolute Gasteiger partial charge is 0.394 e. The number of anilines is 3. The molecular weight excluding hydrogens is 627 g/mol. The van der Waals surface area contributed by atoms with Crippen molar-refractivity contribution in [3.63, 3.8) is 0 Å². The van der Waals surface area contributed by atoms with E-state index in [1.807, 2.05) is 0 Å². The fraction of sp³-hybridized carbons (Fsp3) is 0.0222. The summed E-state index contributed by atoms with van der Waals surface area (Å²) in [6, 6.07) is 52.4. The number of benzene rings is 6. The molecule has 0 N–H and O–H groups in total. The van der Waals surface area contributed by atoms with E-state index in [2.05, 4.69) is 188 Å². The van der Waals surface area contributed by atoms with E-state index >= 15 is 0 Å². The highest BCUT2D eigenvalue weighted by Gasteiger charge is 2.69. The lowest BCUT2D eigenvalue weighted by molar-refractivity contribution is -0.993. The molecule has 6 nitrogen and oxygen atoms in total. The lowest BCUT2D eigenvalue weighted by Crippen LogP contribution is -2.77. The zero-order valence-corrected chi connectivity index (χ0v) is 27.2. The van der Waals surface area contributed by atoms with Crippen LogP contribution in [0.25, 0.3) is 55.6 Å². The molecule has 13 rings (SSSR count). The quantitative estimate of drug-likeness (QED) is 0.174. The topological polar surface area (TPSA) is 30.1 Å². The van der Waals surface area contributed by atoms with Crippen LogP contribution in [0.5, 0.6) is 11.5 Å². The Morgan fingerprint density at radius 3 is 2.18 bits per heavy atom. The van der Waals surface area contributed by atoms with Gasteiger partial charge in [0.15, 0.2) is 17.0 Å². The molecular formula is C45H27N5O+2. The normalized spacial score (nSPS) is 16.4. The second-order valence-corrected chi connectivity index (χ2v) is 13.9. The highest BCUT2D eigenvalue weighted by Crippen LogP contribution is 2.63. The van der Waals surface area contributed by atoms with Gasteiger partial charge in [-0.15, -0.1) is 4.68 Å². The molecule has 0 saturated heterocycles. The number of rotatable bonds is 2. The Morgan fingerprint density at radius 2 is 1.27 bits per heavy atom. The fourth-order valence-corrected chi connectivity index (χ4v) is 9.52. The van der Waals surface area contributed by atoms with Gasteiger partial charge in [0.1, 0.15) is 28.0 Å². The summed E-state index contributed by atoms with van der Waals surface area (Å²) in [6.45, 7) is 0. The van der Waals surface area contributed by atoms with Gasteiger partial charge in [-0.25, -0.2) is 0 Å². The minimum Gasteiger partial charge on any atom is -0.453 e. The zero-order valence-electron chi connectivity index (χ0n) is 27.2. The van der Waals surface area contributed by atoms with E-state index in [1.54, 1.807) is 0 Å². The molecule has 1 spiro atoms. The summed E-state index contributed by atoms with van der Waals surface area (Å²) in [4.78, 5) is 2.45. The van der Waals surface area contributed by atoms with E-state index in [0.29, 0.717) is 0 Å². The lowest BCUT2D eigenvalue weighted by Gasteiger charge is -2.41. The second kappa shape index (κ2) is 8.80. The van der Waals surface area contributed by atoms with Gasteiger partial charge in [0.25, 0.3) is 5.82 Å². The standard InChI is InChI=1S/C45H27N5O/c1-2-10-28(11-3-1)29-17-19-30(20-18-29)31-26-47-36-23-24-39-44-41(36)45(48(47)27-31)42-37(49(44)35-14-6-7-15-38(35)51-39)22-21-33-32-12-4-5-13-34(32)50(43(33)42)40-16-8-9-25-46(40)45/h1-27H/q+2. The van der Waals surface area contributed by atoms with Crippen LogP contribution in [-0.2, 0) is 5.66 Å². The first-order chi connectivity index (χ1) is 25.3. The number of hydrogen-bond donors (Lipinski definition) is 0. The molecule has 7 heterocycles. The van der Waals surface area contributed by atoms with Crippen LogP contribution < -0.4 is 18.9 Å². The van der Waals surface area contributed by atoms with Crippen molar-refractivity contribution in [1.82, 2.24) is 9.25 Å². The van der Waals surface area contributed by atoms with Crippen molar-refractivity contribution >= 4 is 38.9 Å². The maximum Gasteiger partial charge on any atom is 0.394 e. The Hall–Kier alpha value is -6.92. The molecule has 0 aliphatic carbocycles. The third kappa shape index (κ3) is 2.91. The van der Waals surface area contributed by atoms with Crippen LogP contribution in [0.3, 0.4) is 0 Å². The fourth-order valence-electron chi connectivity index (χ4n) is 9.52. The Morgan fingerprint density at radius 1 is 0.529 bits per heavy atom. The summed E-state index contributed by atoms with van der Waals surface area (Å²) < 4.78 is 16.5. The number of fused-ring (bicyclic) bond motifs is 10. The van der Waals surface area contributed by atoms with Crippen LogP contribution in [0.15, 0.2) is 164 Å². The van der Waals surface area contributed by atoms with Gasteiger partial charge in [0.05, 0.1) is 29.3 Å². The molecule has 1 unspecified atom stereocenters. The summed E-state index contributed by atoms with van der Waals surface area (Å²) in [6.07, 6.45) is 6.91. The molecule has 3 aromatic heterocycles. The maximum absolute atomic E-state index is 6.74. The molecule has 4 aliphatic heterocycles. The number of hydrogen-bond acceptors (Lipinski definition) is 2. The van der Waals surface area contributed by atoms with E-state index < -0.39 is 5.66 Å². The van der Waals surface area contributed by atoms with Crippen molar-refractivity contribution in [2.45, 2.75) is 5.66 Å². The molecule has 6 aromatic carbocycles.